The Morgan fingerprint density at radius 3 is 2.31 bits per heavy atom. The zero-order valence-electron chi connectivity index (χ0n) is 39.9. The van der Waals surface area contributed by atoms with Gasteiger partial charge in [-0.05, 0) is 80.4 Å². The third kappa shape index (κ3) is 11.8. The molecule has 5 heterocycles. The van der Waals surface area contributed by atoms with E-state index in [1.807, 2.05) is 55.5 Å². The summed E-state index contributed by atoms with van der Waals surface area (Å²) in [5.41, 5.74) is 7.31. The molecular formula is C49H58ClF2N11O8. The molecule has 2 fully saturated rings. The highest BCUT2D eigenvalue weighted by Crippen LogP contribution is 2.42. The Hall–Kier alpha value is -6.94. The fraction of sp³-hybridized carbons (Fsp3) is 0.408. The van der Waals surface area contributed by atoms with Crippen LogP contribution in [-0.4, -0.2) is 105 Å². The average molecular weight is 1000 g/mol. The van der Waals surface area contributed by atoms with Gasteiger partial charge in [-0.25, -0.2) is 32.6 Å². The van der Waals surface area contributed by atoms with Gasteiger partial charge in [-0.15, -0.1) is 4.68 Å². The summed E-state index contributed by atoms with van der Waals surface area (Å²) >= 11 is 0. The number of esters is 1. The number of amides is 1. The first-order valence-electron chi connectivity index (χ1n) is 23.2. The number of hydrogen-bond donors (Lipinski definition) is 2. The SMILES string of the molecule is CC[C@@H]([C@H](C)O)n1ncn(-c2ccc(N3CCN(c4ccc(OC[C@@H]5CO[C@@](Cn6c[n+](C(C)OC(=O)N(C)c7ncccc7COC(=O)CN)cn6)(c6ccc(F)cc6F)C5)cc4)CC3)cc2)c1=O.[Cl-]. The summed E-state index contributed by atoms with van der Waals surface area (Å²) in [6.07, 6.45) is 4.72. The number of halogens is 3. The van der Waals surface area contributed by atoms with Crippen molar-refractivity contribution in [2.24, 2.45) is 11.7 Å². The van der Waals surface area contributed by atoms with Crippen molar-refractivity contribution in [2.45, 2.75) is 70.7 Å². The number of anilines is 3. The third-order valence-electron chi connectivity index (χ3n) is 12.8. The number of rotatable bonds is 18. The molecule has 0 bridgehead atoms. The third-order valence-corrected chi connectivity index (χ3v) is 12.8. The lowest BCUT2D eigenvalue weighted by atomic mass is 9.87. The van der Waals surface area contributed by atoms with Crippen molar-refractivity contribution in [3.05, 3.63) is 137 Å². The van der Waals surface area contributed by atoms with Gasteiger partial charge >= 0.3 is 17.8 Å². The van der Waals surface area contributed by atoms with E-state index in [2.05, 4.69) is 25.0 Å². The van der Waals surface area contributed by atoms with E-state index in [1.54, 1.807) is 41.6 Å². The molecule has 3 aromatic carbocycles. The molecule has 8 rings (SSSR count). The van der Waals surface area contributed by atoms with Crippen LogP contribution in [0.1, 0.15) is 57.0 Å². The Kier molecular flexibility index (Phi) is 16.7. The first-order valence-corrected chi connectivity index (χ1v) is 23.2. The minimum absolute atomic E-state index is 0. The van der Waals surface area contributed by atoms with Gasteiger partial charge in [0.05, 0.1) is 37.6 Å². The molecule has 0 spiro atoms. The highest BCUT2D eigenvalue weighted by Gasteiger charge is 2.46. The maximum atomic E-state index is 15.6. The molecule has 71 heavy (non-hydrogen) atoms. The maximum absolute atomic E-state index is 15.6. The Balaban J connectivity index is 0.00000741. The number of carbonyl (C=O) groups is 2. The molecule has 1 amide bonds. The lowest BCUT2D eigenvalue weighted by Gasteiger charge is -2.37. The first-order chi connectivity index (χ1) is 33.7. The van der Waals surface area contributed by atoms with E-state index in [4.69, 9.17) is 24.7 Å². The number of piperazine rings is 1. The average Bonchev–Trinajstić information content (AvgIpc) is 4.12. The molecule has 5 atom stereocenters. The number of aliphatic hydroxyl groups excluding tert-OH is 1. The predicted molar refractivity (Wildman–Crippen MR) is 252 cm³/mol. The summed E-state index contributed by atoms with van der Waals surface area (Å²) in [7, 11) is 1.48. The summed E-state index contributed by atoms with van der Waals surface area (Å²) < 4.78 is 59.3. The number of hydrogen-bond acceptors (Lipinski definition) is 14. The lowest BCUT2D eigenvalue weighted by Crippen LogP contribution is -3.00. The van der Waals surface area contributed by atoms with Gasteiger partial charge in [0.25, 0.3) is 6.33 Å². The van der Waals surface area contributed by atoms with Crippen molar-refractivity contribution in [3.8, 4) is 11.4 Å². The van der Waals surface area contributed by atoms with E-state index in [0.29, 0.717) is 29.8 Å². The molecule has 1 unspecified atom stereocenters. The van der Waals surface area contributed by atoms with Crippen LogP contribution in [0.2, 0.25) is 0 Å². The molecule has 0 saturated carbocycles. The standard InChI is InChI=1S/C49H58F2N11O8.ClH/c1-5-44(33(2)63)62-47(65)61(31-55-62)40-11-9-38(10-12-40)57-19-21-58(22-20-57)39-13-15-41(16-14-39)67-26-35-24-49(69-27-35,42-17-8-37(50)23-43(42)51)29-60-32-59(30-54-60)34(3)70-48(66)56(4)46-36(7-6-18-53-46)28-68-45(64)25-52;/h6-18,23,30-35,44,63H,5,19-22,24-29,52H2,1-4H3;1H/q+1;/p-1/t33-,34?,35+,44-,49-;/m0./s1. The molecule has 19 nitrogen and oxygen atoms in total. The smallest absolute Gasteiger partial charge is 0.418 e. The highest BCUT2D eigenvalue weighted by atomic mass is 35.5. The Morgan fingerprint density at radius 2 is 1.66 bits per heavy atom. The molecule has 2 aliphatic rings. The number of benzene rings is 3. The second kappa shape index (κ2) is 22.9. The second-order valence-electron chi connectivity index (χ2n) is 17.5. The van der Waals surface area contributed by atoms with Crippen LogP contribution in [-0.2, 0) is 37.8 Å². The number of ether oxygens (including phenoxy) is 4. The van der Waals surface area contributed by atoms with Gasteiger partial charge in [-0.2, -0.15) is 9.67 Å². The van der Waals surface area contributed by atoms with Crippen LogP contribution >= 0.6 is 0 Å². The highest BCUT2D eigenvalue weighted by molar-refractivity contribution is 5.86. The topological polar surface area (TPSA) is 201 Å². The quantitative estimate of drug-likeness (QED) is 0.0931. The predicted octanol–water partition coefficient (Wildman–Crippen LogP) is 1.66. The van der Waals surface area contributed by atoms with E-state index in [1.165, 1.54) is 52.2 Å². The van der Waals surface area contributed by atoms with E-state index in [9.17, 15) is 23.9 Å². The zero-order chi connectivity index (χ0) is 49.5. The Bertz CT molecular complexity index is 2800. The molecule has 2 aliphatic heterocycles. The number of aliphatic hydroxyl groups is 1. The second-order valence-corrected chi connectivity index (χ2v) is 17.5. The van der Waals surface area contributed by atoms with Crippen molar-refractivity contribution in [2.75, 3.05) is 67.7 Å². The fourth-order valence-electron chi connectivity index (χ4n) is 8.97. The molecule has 6 aromatic rings. The normalized spacial score (nSPS) is 18.1. The molecule has 378 valence electrons. The molecule has 0 radical (unpaired) electrons. The number of pyridine rings is 1. The van der Waals surface area contributed by atoms with Crippen LogP contribution in [0, 0.1) is 17.6 Å². The molecular weight excluding hydrogens is 944 g/mol. The van der Waals surface area contributed by atoms with Gasteiger partial charge in [-0.1, -0.05) is 19.1 Å². The van der Waals surface area contributed by atoms with Gasteiger partial charge in [0, 0.05) is 85.9 Å². The van der Waals surface area contributed by atoms with Crippen LogP contribution < -0.4 is 47.8 Å². The number of aromatic nitrogens is 7. The minimum atomic E-state index is -1.23. The van der Waals surface area contributed by atoms with Crippen molar-refractivity contribution >= 4 is 29.3 Å². The number of nitrogens with zero attached hydrogens (tertiary/aromatic N) is 10. The first kappa shape index (κ1) is 51.9. The van der Waals surface area contributed by atoms with Crippen molar-refractivity contribution in [1.82, 2.24) is 29.1 Å². The minimum Gasteiger partial charge on any atom is -1.00 e. The van der Waals surface area contributed by atoms with Gasteiger partial charge in [0.2, 0.25) is 12.6 Å². The number of nitrogens with two attached hydrogens (primary N) is 1. The van der Waals surface area contributed by atoms with Crippen LogP contribution in [0.15, 0.2) is 109 Å². The van der Waals surface area contributed by atoms with E-state index in [0.717, 1.165) is 43.6 Å². The van der Waals surface area contributed by atoms with Crippen molar-refractivity contribution in [3.63, 3.8) is 0 Å². The summed E-state index contributed by atoms with van der Waals surface area (Å²) in [5.74, 6) is -1.31. The summed E-state index contributed by atoms with van der Waals surface area (Å²) in [5, 5.41) is 18.9. The maximum Gasteiger partial charge on any atom is 0.418 e. The molecule has 3 aromatic heterocycles. The van der Waals surface area contributed by atoms with Crippen molar-refractivity contribution in [1.29, 1.82) is 0 Å². The van der Waals surface area contributed by atoms with E-state index in [-0.39, 0.29) is 68.3 Å². The van der Waals surface area contributed by atoms with Crippen LogP contribution in [0.3, 0.4) is 0 Å². The number of carbonyl (C=O) groups excluding carboxylic acids is 2. The van der Waals surface area contributed by atoms with Crippen LogP contribution in [0.25, 0.3) is 5.69 Å². The van der Waals surface area contributed by atoms with Gasteiger partial charge < -0.3 is 52.0 Å². The summed E-state index contributed by atoms with van der Waals surface area (Å²) in [6.45, 7) is 8.59. The van der Waals surface area contributed by atoms with Gasteiger partial charge in [0.1, 0.15) is 48.3 Å². The zero-order valence-corrected chi connectivity index (χ0v) is 40.6. The Morgan fingerprint density at radius 1 is 0.986 bits per heavy atom. The van der Waals surface area contributed by atoms with E-state index >= 15 is 4.39 Å². The molecule has 0 aliphatic carbocycles. The van der Waals surface area contributed by atoms with Gasteiger partial charge in [0.15, 0.2) is 0 Å². The van der Waals surface area contributed by atoms with Crippen molar-refractivity contribution < 1.29 is 59.4 Å². The van der Waals surface area contributed by atoms with E-state index < -0.39 is 47.7 Å². The summed E-state index contributed by atoms with van der Waals surface area (Å²) in [4.78, 5) is 48.1. The Labute approximate surface area is 415 Å². The monoisotopic (exact) mass is 1000 g/mol. The summed E-state index contributed by atoms with van der Waals surface area (Å²) in [6, 6.07) is 22.1. The molecule has 22 heteroatoms. The fourth-order valence-corrected chi connectivity index (χ4v) is 8.97. The van der Waals surface area contributed by atoms with Crippen LogP contribution in [0.5, 0.6) is 5.75 Å². The molecule has 3 N–H and O–H groups in total. The lowest BCUT2D eigenvalue weighted by molar-refractivity contribution is -0.753. The van der Waals surface area contributed by atoms with Gasteiger partial charge in [-0.3, -0.25) is 9.69 Å². The largest absolute Gasteiger partial charge is 1.00 e. The molecule has 2 saturated heterocycles. The van der Waals surface area contributed by atoms with Crippen LogP contribution in [0.4, 0.5) is 30.8 Å².